The summed E-state index contributed by atoms with van der Waals surface area (Å²) in [7, 11) is 0. The molecule has 1 aromatic carbocycles. The zero-order valence-corrected chi connectivity index (χ0v) is 19.3. The highest BCUT2D eigenvalue weighted by Crippen LogP contribution is 2.36. The Labute approximate surface area is 188 Å². The van der Waals surface area contributed by atoms with Crippen molar-refractivity contribution in [3.8, 4) is 5.75 Å². The Bertz CT molecular complexity index is 931. The van der Waals surface area contributed by atoms with Crippen molar-refractivity contribution in [1.29, 1.82) is 0 Å². The van der Waals surface area contributed by atoms with E-state index in [-0.39, 0.29) is 31.0 Å². The molecule has 2 N–H and O–H groups in total. The molecule has 0 atom stereocenters. The van der Waals surface area contributed by atoms with Crippen LogP contribution in [-0.4, -0.2) is 41.9 Å². The number of rotatable bonds is 7. The lowest BCUT2D eigenvalue weighted by Crippen LogP contribution is -2.44. The maximum absolute atomic E-state index is 12.7. The van der Waals surface area contributed by atoms with Gasteiger partial charge >= 0.3 is 6.03 Å². The van der Waals surface area contributed by atoms with E-state index in [9.17, 15) is 9.59 Å². The zero-order valence-electron chi connectivity index (χ0n) is 18.5. The van der Waals surface area contributed by atoms with Crippen LogP contribution in [0.25, 0.3) is 0 Å². The minimum absolute atomic E-state index is 0.106. The first-order valence-corrected chi connectivity index (χ1v) is 11.5. The number of benzene rings is 1. The second kappa shape index (κ2) is 10.5. The summed E-state index contributed by atoms with van der Waals surface area (Å²) in [5.74, 6) is 1.51. The first kappa shape index (κ1) is 22.9. The number of thioether (sulfide) groups is 1. The fraction of sp³-hybridized carbons (Fsp3) is 0.435. The quantitative estimate of drug-likeness (QED) is 0.681. The molecule has 0 radical (unpaired) electrons. The minimum Gasteiger partial charge on any atom is -0.491 e. The van der Waals surface area contributed by atoms with Crippen LogP contribution in [0.15, 0.2) is 35.4 Å². The van der Waals surface area contributed by atoms with Gasteiger partial charge < -0.3 is 15.4 Å². The molecule has 0 spiro atoms. The van der Waals surface area contributed by atoms with E-state index < -0.39 is 0 Å². The van der Waals surface area contributed by atoms with Gasteiger partial charge in [0.1, 0.15) is 10.8 Å². The molecular weight excluding hydrogens is 412 g/mol. The lowest BCUT2D eigenvalue weighted by Gasteiger charge is -2.30. The van der Waals surface area contributed by atoms with E-state index in [1.807, 2.05) is 58.0 Å². The summed E-state index contributed by atoms with van der Waals surface area (Å²) >= 11 is 1.67. The van der Waals surface area contributed by atoms with Gasteiger partial charge in [-0.3, -0.25) is 9.69 Å². The van der Waals surface area contributed by atoms with Crippen LogP contribution in [0, 0.1) is 13.8 Å². The predicted octanol–water partition coefficient (Wildman–Crippen LogP) is 3.81. The van der Waals surface area contributed by atoms with Gasteiger partial charge in [-0.1, -0.05) is 12.1 Å². The number of amides is 3. The third-order valence-corrected chi connectivity index (χ3v) is 5.71. The molecule has 0 saturated carbocycles. The number of anilines is 1. The Morgan fingerprint density at radius 3 is 2.65 bits per heavy atom. The summed E-state index contributed by atoms with van der Waals surface area (Å²) < 4.78 is 5.62. The van der Waals surface area contributed by atoms with Crippen LogP contribution in [0.4, 0.5) is 10.5 Å². The van der Waals surface area contributed by atoms with Crippen LogP contribution in [0.5, 0.6) is 5.75 Å². The number of aryl methyl sites for hydroxylation is 2. The Kier molecular flexibility index (Phi) is 7.79. The third-order valence-electron chi connectivity index (χ3n) is 4.76. The highest BCUT2D eigenvalue weighted by Gasteiger charge is 2.26. The molecule has 0 fully saturated rings. The molecule has 0 bridgehead atoms. The first-order chi connectivity index (χ1) is 14.8. The van der Waals surface area contributed by atoms with Crippen LogP contribution in [0.3, 0.4) is 0 Å². The van der Waals surface area contributed by atoms with Crippen LogP contribution in [-0.2, 0) is 11.3 Å². The van der Waals surface area contributed by atoms with Crippen molar-refractivity contribution < 1.29 is 14.3 Å². The lowest BCUT2D eigenvalue weighted by molar-refractivity contribution is -0.121. The summed E-state index contributed by atoms with van der Waals surface area (Å²) in [6, 6.07) is 9.46. The fourth-order valence-corrected chi connectivity index (χ4v) is 4.48. The second-order valence-corrected chi connectivity index (χ2v) is 8.89. The van der Waals surface area contributed by atoms with Crippen LogP contribution in [0.2, 0.25) is 0 Å². The number of aromatic nitrogens is 1. The zero-order chi connectivity index (χ0) is 22.4. The molecule has 31 heavy (non-hydrogen) atoms. The molecular formula is C23H30N4O3S. The fourth-order valence-electron chi connectivity index (χ4n) is 3.40. The largest absolute Gasteiger partial charge is 0.491 e. The summed E-state index contributed by atoms with van der Waals surface area (Å²) in [5.41, 5.74) is 3.85. The number of ether oxygens (including phenoxy) is 1. The van der Waals surface area contributed by atoms with Crippen molar-refractivity contribution in [2.75, 3.05) is 23.7 Å². The minimum atomic E-state index is -0.191. The van der Waals surface area contributed by atoms with Crippen LogP contribution in [0.1, 0.15) is 37.1 Å². The normalized spacial score (nSPS) is 13.0. The van der Waals surface area contributed by atoms with Gasteiger partial charge in [-0.25, -0.2) is 9.78 Å². The standard InChI is InChI=1S/C23H30N4O3S/c1-15(2)30-19-7-5-18(6-8-19)14-25-20(28)9-10-24-23(29)27-11-12-31-22-21(27)16(3)13-17(4)26-22/h5-8,13,15H,9-12,14H2,1-4H3,(H,24,29)(H,25,28). The lowest BCUT2D eigenvalue weighted by atomic mass is 10.2. The molecule has 0 saturated heterocycles. The molecule has 3 rings (SSSR count). The van der Waals surface area contributed by atoms with Crippen molar-refractivity contribution in [3.63, 3.8) is 0 Å². The highest BCUT2D eigenvalue weighted by atomic mass is 32.2. The predicted molar refractivity (Wildman–Crippen MR) is 124 cm³/mol. The monoisotopic (exact) mass is 442 g/mol. The molecule has 2 heterocycles. The van der Waals surface area contributed by atoms with E-state index in [1.165, 1.54) is 0 Å². The Hall–Kier alpha value is -2.74. The maximum atomic E-state index is 12.7. The van der Waals surface area contributed by atoms with Crippen molar-refractivity contribution in [2.45, 2.75) is 51.8 Å². The van der Waals surface area contributed by atoms with E-state index in [0.717, 1.165) is 39.0 Å². The molecule has 3 amide bonds. The molecule has 1 aliphatic rings. The molecule has 166 valence electrons. The van der Waals surface area contributed by atoms with Gasteiger partial charge in [0.2, 0.25) is 5.91 Å². The number of pyridine rings is 1. The molecule has 1 aromatic heterocycles. The highest BCUT2D eigenvalue weighted by molar-refractivity contribution is 7.99. The van der Waals surface area contributed by atoms with Crippen LogP contribution < -0.4 is 20.3 Å². The smallest absolute Gasteiger partial charge is 0.322 e. The maximum Gasteiger partial charge on any atom is 0.322 e. The van der Waals surface area contributed by atoms with E-state index in [4.69, 9.17) is 4.74 Å². The number of nitrogens with zero attached hydrogens (tertiary/aromatic N) is 2. The summed E-state index contributed by atoms with van der Waals surface area (Å²) in [6.45, 7) is 9.26. The number of urea groups is 1. The summed E-state index contributed by atoms with van der Waals surface area (Å²) in [6.07, 6.45) is 0.350. The number of carbonyl (C=O) groups excluding carboxylic acids is 2. The van der Waals surface area contributed by atoms with E-state index in [2.05, 4.69) is 15.6 Å². The van der Waals surface area contributed by atoms with E-state index in [1.54, 1.807) is 16.7 Å². The van der Waals surface area contributed by atoms with E-state index in [0.29, 0.717) is 13.1 Å². The molecule has 0 aliphatic carbocycles. The Morgan fingerprint density at radius 1 is 1.19 bits per heavy atom. The van der Waals surface area contributed by atoms with Gasteiger partial charge in [-0.05, 0) is 57.0 Å². The third kappa shape index (κ3) is 6.37. The average Bonchev–Trinajstić information content (AvgIpc) is 2.72. The van der Waals surface area contributed by atoms with Crippen molar-refractivity contribution in [2.24, 2.45) is 0 Å². The number of carbonyl (C=O) groups is 2. The van der Waals surface area contributed by atoms with Gasteiger partial charge in [-0.2, -0.15) is 0 Å². The molecule has 8 heteroatoms. The van der Waals surface area contributed by atoms with Gasteiger partial charge in [0.15, 0.2) is 0 Å². The molecule has 7 nitrogen and oxygen atoms in total. The van der Waals surface area contributed by atoms with Crippen molar-refractivity contribution in [1.82, 2.24) is 15.6 Å². The second-order valence-electron chi connectivity index (χ2n) is 7.80. The number of hydrogen-bond donors (Lipinski definition) is 2. The number of nitrogens with one attached hydrogen (secondary N) is 2. The number of fused-ring (bicyclic) bond motifs is 1. The van der Waals surface area contributed by atoms with E-state index >= 15 is 0 Å². The SMILES string of the molecule is Cc1cc(C)c2c(n1)SCCN2C(=O)NCCC(=O)NCc1ccc(OC(C)C)cc1. The molecule has 2 aromatic rings. The van der Waals surface area contributed by atoms with Crippen LogP contribution >= 0.6 is 11.8 Å². The topological polar surface area (TPSA) is 83.6 Å². The summed E-state index contributed by atoms with van der Waals surface area (Å²) in [4.78, 5) is 31.1. The Balaban J connectivity index is 1.44. The average molecular weight is 443 g/mol. The summed E-state index contributed by atoms with van der Waals surface area (Å²) in [5, 5.41) is 6.64. The molecule has 1 aliphatic heterocycles. The van der Waals surface area contributed by atoms with Gasteiger partial charge in [0.25, 0.3) is 0 Å². The Morgan fingerprint density at radius 2 is 1.94 bits per heavy atom. The first-order valence-electron chi connectivity index (χ1n) is 10.5. The van der Waals surface area contributed by atoms with Crippen molar-refractivity contribution in [3.05, 3.63) is 47.2 Å². The number of hydrogen-bond acceptors (Lipinski definition) is 5. The van der Waals surface area contributed by atoms with Crippen molar-refractivity contribution >= 4 is 29.4 Å². The van der Waals surface area contributed by atoms with Gasteiger partial charge in [0.05, 0.1) is 11.8 Å². The van der Waals surface area contributed by atoms with Gasteiger partial charge in [0, 0.05) is 37.5 Å². The van der Waals surface area contributed by atoms with Gasteiger partial charge in [-0.15, -0.1) is 11.8 Å². The molecule has 0 unspecified atom stereocenters.